The number of hydrogen-bond donors (Lipinski definition) is 1. The maximum Gasteiger partial charge on any atom is 0.338 e. The fraction of sp³-hybridized carbons (Fsp3) is 0.158. The number of carbonyl (C=O) groups excluding carboxylic acids is 2. The number of rotatable bonds is 4. The quantitative estimate of drug-likeness (QED) is 0.741. The molecule has 0 bridgehead atoms. The number of nitrogens with zero attached hydrogens (tertiary/aromatic N) is 2. The van der Waals surface area contributed by atoms with Gasteiger partial charge in [-0.05, 0) is 49.7 Å². The third-order valence-electron chi connectivity index (χ3n) is 3.64. The predicted molar refractivity (Wildman–Crippen MR) is 94.2 cm³/mol. The van der Waals surface area contributed by atoms with Crippen LogP contribution >= 0.6 is 0 Å². The molecular formula is C19H17N3O3. The van der Waals surface area contributed by atoms with Gasteiger partial charge in [0, 0.05) is 18.1 Å². The van der Waals surface area contributed by atoms with Gasteiger partial charge in [0.2, 0.25) is 0 Å². The molecule has 0 saturated heterocycles. The van der Waals surface area contributed by atoms with Gasteiger partial charge in [-0.3, -0.25) is 14.8 Å². The summed E-state index contributed by atoms with van der Waals surface area (Å²) in [5, 5.41) is 2.73. The number of ether oxygens (including phenoxy) is 1. The van der Waals surface area contributed by atoms with E-state index in [9.17, 15) is 9.59 Å². The molecule has 1 amide bonds. The first-order chi connectivity index (χ1) is 12.0. The second-order valence-electron chi connectivity index (χ2n) is 5.67. The summed E-state index contributed by atoms with van der Waals surface area (Å²) in [6.45, 7) is 3.46. The van der Waals surface area contributed by atoms with Crippen LogP contribution in [-0.4, -0.2) is 27.9 Å². The van der Waals surface area contributed by atoms with Gasteiger partial charge in [0.1, 0.15) is 0 Å². The van der Waals surface area contributed by atoms with Crippen LogP contribution in [0, 0.1) is 6.92 Å². The standard InChI is InChI=1S/C19H17N3O3/c1-12-4-3-5-15(10-12)22-18(23)13(2)25-19(24)14-6-7-16-17(11-14)21-9-8-20-16/h3-11,13H,1-2H3,(H,22,23)/t13-/m1/s1. The van der Waals surface area contributed by atoms with Crippen molar-refractivity contribution in [2.75, 3.05) is 5.32 Å². The fourth-order valence-electron chi connectivity index (χ4n) is 2.34. The summed E-state index contributed by atoms with van der Waals surface area (Å²) < 4.78 is 5.25. The average Bonchev–Trinajstić information content (AvgIpc) is 2.61. The zero-order valence-corrected chi connectivity index (χ0v) is 13.9. The number of benzene rings is 2. The molecular weight excluding hydrogens is 318 g/mol. The number of carbonyl (C=O) groups is 2. The van der Waals surface area contributed by atoms with Crippen molar-refractivity contribution in [2.24, 2.45) is 0 Å². The Kier molecular flexibility index (Phi) is 4.70. The maximum absolute atomic E-state index is 12.3. The first-order valence-corrected chi connectivity index (χ1v) is 7.82. The van der Waals surface area contributed by atoms with E-state index < -0.39 is 12.1 Å². The van der Waals surface area contributed by atoms with Crippen LogP contribution in [0.25, 0.3) is 11.0 Å². The van der Waals surface area contributed by atoms with Crippen LogP contribution in [0.1, 0.15) is 22.8 Å². The zero-order chi connectivity index (χ0) is 17.8. The lowest BCUT2D eigenvalue weighted by atomic mass is 10.2. The number of fused-ring (bicyclic) bond motifs is 1. The maximum atomic E-state index is 12.3. The van der Waals surface area contributed by atoms with Gasteiger partial charge in [-0.2, -0.15) is 0 Å². The van der Waals surface area contributed by atoms with E-state index in [0.717, 1.165) is 5.56 Å². The molecule has 1 heterocycles. The number of amides is 1. The molecule has 1 N–H and O–H groups in total. The van der Waals surface area contributed by atoms with Crippen LogP contribution in [0.2, 0.25) is 0 Å². The van der Waals surface area contributed by atoms with E-state index in [-0.39, 0.29) is 5.91 Å². The van der Waals surface area contributed by atoms with Gasteiger partial charge in [-0.25, -0.2) is 4.79 Å². The molecule has 1 atom stereocenters. The molecule has 6 heteroatoms. The Labute approximate surface area is 144 Å². The largest absolute Gasteiger partial charge is 0.449 e. The van der Waals surface area contributed by atoms with Gasteiger partial charge in [0.05, 0.1) is 16.6 Å². The van der Waals surface area contributed by atoms with E-state index >= 15 is 0 Å². The highest BCUT2D eigenvalue weighted by Gasteiger charge is 2.19. The molecule has 0 aliphatic rings. The summed E-state index contributed by atoms with van der Waals surface area (Å²) in [4.78, 5) is 32.8. The predicted octanol–water partition coefficient (Wildman–Crippen LogP) is 3.12. The van der Waals surface area contributed by atoms with Gasteiger partial charge >= 0.3 is 5.97 Å². The van der Waals surface area contributed by atoms with Crippen molar-refractivity contribution in [3.05, 3.63) is 66.0 Å². The number of esters is 1. The summed E-state index contributed by atoms with van der Waals surface area (Å²) in [5.41, 5.74) is 3.29. The van der Waals surface area contributed by atoms with Crippen molar-refractivity contribution in [1.82, 2.24) is 9.97 Å². The third kappa shape index (κ3) is 3.98. The number of nitrogens with one attached hydrogen (secondary N) is 1. The van der Waals surface area contributed by atoms with Crippen LogP contribution < -0.4 is 5.32 Å². The molecule has 0 fully saturated rings. The number of hydrogen-bond acceptors (Lipinski definition) is 5. The molecule has 0 aliphatic carbocycles. The van der Waals surface area contributed by atoms with Gasteiger partial charge in [-0.1, -0.05) is 12.1 Å². The molecule has 126 valence electrons. The van der Waals surface area contributed by atoms with Crippen molar-refractivity contribution in [3.8, 4) is 0 Å². The van der Waals surface area contributed by atoms with Gasteiger partial charge in [0.25, 0.3) is 5.91 Å². The molecule has 0 saturated carbocycles. The van der Waals surface area contributed by atoms with Gasteiger partial charge in [0.15, 0.2) is 6.10 Å². The normalized spacial score (nSPS) is 11.8. The Morgan fingerprint density at radius 2 is 1.80 bits per heavy atom. The highest BCUT2D eigenvalue weighted by molar-refractivity contribution is 5.98. The van der Waals surface area contributed by atoms with E-state index in [1.165, 1.54) is 6.92 Å². The van der Waals surface area contributed by atoms with Crippen molar-refractivity contribution < 1.29 is 14.3 Å². The second-order valence-corrected chi connectivity index (χ2v) is 5.67. The van der Waals surface area contributed by atoms with Crippen molar-refractivity contribution in [3.63, 3.8) is 0 Å². The fourth-order valence-corrected chi connectivity index (χ4v) is 2.34. The Morgan fingerprint density at radius 3 is 2.56 bits per heavy atom. The van der Waals surface area contributed by atoms with Gasteiger partial charge < -0.3 is 10.1 Å². The first kappa shape index (κ1) is 16.6. The van der Waals surface area contributed by atoms with Crippen molar-refractivity contribution in [1.29, 1.82) is 0 Å². The molecule has 0 aliphatic heterocycles. The molecule has 25 heavy (non-hydrogen) atoms. The van der Waals surface area contributed by atoms with E-state index in [2.05, 4.69) is 15.3 Å². The molecule has 2 aromatic carbocycles. The Hall–Kier alpha value is -3.28. The molecule has 0 unspecified atom stereocenters. The minimum absolute atomic E-state index is 0.322. The lowest BCUT2D eigenvalue weighted by molar-refractivity contribution is -0.123. The lowest BCUT2D eigenvalue weighted by Gasteiger charge is -2.14. The van der Waals surface area contributed by atoms with Crippen LogP contribution in [0.3, 0.4) is 0 Å². The highest BCUT2D eigenvalue weighted by Crippen LogP contribution is 2.14. The second kappa shape index (κ2) is 7.09. The topological polar surface area (TPSA) is 81.2 Å². The molecule has 0 radical (unpaired) electrons. The summed E-state index contributed by atoms with van der Waals surface area (Å²) >= 11 is 0. The third-order valence-corrected chi connectivity index (χ3v) is 3.64. The Morgan fingerprint density at radius 1 is 1.04 bits per heavy atom. The molecule has 0 spiro atoms. The van der Waals surface area contributed by atoms with E-state index in [4.69, 9.17) is 4.74 Å². The van der Waals surface area contributed by atoms with Crippen molar-refractivity contribution >= 4 is 28.6 Å². The molecule has 1 aromatic heterocycles. The van der Waals surface area contributed by atoms with Crippen LogP contribution in [0.5, 0.6) is 0 Å². The Balaban J connectivity index is 1.67. The smallest absolute Gasteiger partial charge is 0.338 e. The SMILES string of the molecule is Cc1cccc(NC(=O)[C@@H](C)OC(=O)c2ccc3nccnc3c2)c1. The first-order valence-electron chi connectivity index (χ1n) is 7.82. The van der Waals surface area contributed by atoms with Crippen LogP contribution in [0.4, 0.5) is 5.69 Å². The monoisotopic (exact) mass is 335 g/mol. The number of aromatic nitrogens is 2. The number of aryl methyl sites for hydroxylation is 1. The summed E-state index contributed by atoms with van der Waals surface area (Å²) in [6, 6.07) is 12.3. The summed E-state index contributed by atoms with van der Waals surface area (Å²) in [7, 11) is 0. The minimum atomic E-state index is -0.925. The van der Waals surface area contributed by atoms with Crippen LogP contribution in [0.15, 0.2) is 54.9 Å². The van der Waals surface area contributed by atoms with E-state index in [0.29, 0.717) is 22.3 Å². The number of anilines is 1. The highest BCUT2D eigenvalue weighted by atomic mass is 16.5. The zero-order valence-electron chi connectivity index (χ0n) is 13.9. The van der Waals surface area contributed by atoms with E-state index in [1.54, 1.807) is 36.7 Å². The lowest BCUT2D eigenvalue weighted by Crippen LogP contribution is -2.30. The molecule has 6 nitrogen and oxygen atoms in total. The summed E-state index contributed by atoms with van der Waals surface area (Å²) in [6.07, 6.45) is 2.21. The van der Waals surface area contributed by atoms with Crippen LogP contribution in [-0.2, 0) is 9.53 Å². The van der Waals surface area contributed by atoms with Gasteiger partial charge in [-0.15, -0.1) is 0 Å². The molecule has 3 aromatic rings. The minimum Gasteiger partial charge on any atom is -0.449 e. The Bertz CT molecular complexity index is 940. The molecule has 3 rings (SSSR count). The average molecular weight is 335 g/mol. The van der Waals surface area contributed by atoms with E-state index in [1.807, 2.05) is 25.1 Å². The summed E-state index contributed by atoms with van der Waals surface area (Å²) in [5.74, 6) is -0.973. The van der Waals surface area contributed by atoms with Crippen molar-refractivity contribution in [2.45, 2.75) is 20.0 Å².